The first-order chi connectivity index (χ1) is 13.6. The predicted octanol–water partition coefficient (Wildman–Crippen LogP) is 4.26. The molecule has 2 aromatic rings. The molecule has 150 valence electrons. The number of esters is 1. The molecule has 0 aliphatic heterocycles. The number of carbonyl (C=O) groups excluding carboxylic acids is 1. The van der Waals surface area contributed by atoms with Crippen LogP contribution in [-0.4, -0.2) is 37.0 Å². The van der Waals surface area contributed by atoms with Crippen molar-refractivity contribution in [3.8, 4) is 11.5 Å². The Morgan fingerprint density at radius 3 is 2.89 bits per heavy atom. The van der Waals surface area contributed by atoms with Gasteiger partial charge in [-0.05, 0) is 54.1 Å². The number of aromatic nitrogens is 1. The third-order valence-electron chi connectivity index (χ3n) is 3.23. The maximum atomic E-state index is 11.5. The van der Waals surface area contributed by atoms with E-state index in [1.807, 2.05) is 19.1 Å². The standard InChI is InChI=1S/C19H22IN3O4S/c1-4-7-27-18-15(20)8-13(9-16(18)25-5-2)11-21-23-19-22-14(12-28-19)10-17(24)26-6-3/h4,8-9,11-12H,1,5-7,10H2,2-3H3,(H,22,23). The van der Waals surface area contributed by atoms with E-state index in [2.05, 4.69) is 44.7 Å². The molecule has 1 aromatic carbocycles. The topological polar surface area (TPSA) is 82.0 Å². The Hall–Kier alpha value is -2.14. The highest BCUT2D eigenvalue weighted by molar-refractivity contribution is 14.1. The molecule has 1 aromatic heterocycles. The van der Waals surface area contributed by atoms with Crippen LogP contribution < -0.4 is 14.9 Å². The fraction of sp³-hybridized carbons (Fsp3) is 0.316. The Balaban J connectivity index is 2.04. The number of benzene rings is 1. The van der Waals surface area contributed by atoms with Crippen molar-refractivity contribution in [3.05, 3.63) is 45.0 Å². The van der Waals surface area contributed by atoms with Gasteiger partial charge in [-0.3, -0.25) is 10.2 Å². The smallest absolute Gasteiger partial charge is 0.311 e. The molecule has 28 heavy (non-hydrogen) atoms. The first kappa shape index (κ1) is 22.2. The van der Waals surface area contributed by atoms with E-state index in [4.69, 9.17) is 14.2 Å². The number of hydrogen-bond acceptors (Lipinski definition) is 8. The number of ether oxygens (including phenoxy) is 3. The highest BCUT2D eigenvalue weighted by atomic mass is 127. The molecule has 1 heterocycles. The molecule has 0 fully saturated rings. The van der Waals surface area contributed by atoms with E-state index < -0.39 is 0 Å². The zero-order chi connectivity index (χ0) is 20.4. The largest absolute Gasteiger partial charge is 0.490 e. The number of hydrazone groups is 1. The number of rotatable bonds is 11. The summed E-state index contributed by atoms with van der Waals surface area (Å²) < 4.78 is 17.2. The Labute approximate surface area is 181 Å². The quantitative estimate of drug-likeness (QED) is 0.158. The lowest BCUT2D eigenvalue weighted by atomic mass is 10.2. The summed E-state index contributed by atoms with van der Waals surface area (Å²) in [5.74, 6) is 1.05. The van der Waals surface area contributed by atoms with Gasteiger partial charge in [-0.1, -0.05) is 12.7 Å². The van der Waals surface area contributed by atoms with E-state index in [1.165, 1.54) is 11.3 Å². The molecule has 1 N–H and O–H groups in total. The normalized spacial score (nSPS) is 10.7. The van der Waals surface area contributed by atoms with Gasteiger partial charge in [0.05, 0.1) is 35.1 Å². The van der Waals surface area contributed by atoms with Crippen molar-refractivity contribution in [1.29, 1.82) is 0 Å². The summed E-state index contributed by atoms with van der Waals surface area (Å²) in [5.41, 5.74) is 4.38. The minimum Gasteiger partial charge on any atom is -0.490 e. The van der Waals surface area contributed by atoms with Crippen molar-refractivity contribution < 1.29 is 19.0 Å². The van der Waals surface area contributed by atoms with Crippen LogP contribution in [-0.2, 0) is 16.0 Å². The second-order valence-corrected chi connectivity index (χ2v) is 7.38. The first-order valence-electron chi connectivity index (χ1n) is 8.66. The summed E-state index contributed by atoms with van der Waals surface area (Å²) in [4.78, 5) is 15.8. The highest BCUT2D eigenvalue weighted by Crippen LogP contribution is 2.34. The van der Waals surface area contributed by atoms with Crippen LogP contribution >= 0.6 is 33.9 Å². The van der Waals surface area contributed by atoms with Gasteiger partial charge in [0.15, 0.2) is 11.5 Å². The molecular weight excluding hydrogens is 493 g/mol. The summed E-state index contributed by atoms with van der Waals surface area (Å²) in [6, 6.07) is 3.81. The van der Waals surface area contributed by atoms with Gasteiger partial charge in [0.25, 0.3) is 0 Å². The number of hydrogen-bond donors (Lipinski definition) is 1. The lowest BCUT2D eigenvalue weighted by Crippen LogP contribution is -2.07. The Bertz CT molecular complexity index is 839. The molecule has 0 aliphatic rings. The van der Waals surface area contributed by atoms with Crippen LogP contribution in [0.2, 0.25) is 0 Å². The van der Waals surface area contributed by atoms with Gasteiger partial charge in [0, 0.05) is 5.38 Å². The summed E-state index contributed by atoms with van der Waals surface area (Å²) >= 11 is 3.57. The second-order valence-electron chi connectivity index (χ2n) is 5.36. The first-order valence-corrected chi connectivity index (χ1v) is 10.6. The maximum Gasteiger partial charge on any atom is 0.311 e. The number of halogens is 1. The lowest BCUT2D eigenvalue weighted by Gasteiger charge is -2.13. The average Bonchev–Trinajstić information content (AvgIpc) is 3.08. The third-order valence-corrected chi connectivity index (χ3v) is 4.83. The number of thiazole rings is 1. The number of nitrogens with one attached hydrogen (secondary N) is 1. The molecule has 0 spiro atoms. The van der Waals surface area contributed by atoms with Gasteiger partial charge in [-0.15, -0.1) is 11.3 Å². The van der Waals surface area contributed by atoms with Crippen molar-refractivity contribution >= 4 is 51.2 Å². The van der Waals surface area contributed by atoms with Crippen LogP contribution in [0.25, 0.3) is 0 Å². The monoisotopic (exact) mass is 515 g/mol. The third kappa shape index (κ3) is 6.79. The molecule has 2 rings (SSSR count). The molecule has 0 saturated heterocycles. The number of anilines is 1. The van der Waals surface area contributed by atoms with Crippen LogP contribution in [0.1, 0.15) is 25.1 Å². The summed E-state index contributed by atoms with van der Waals surface area (Å²) in [6.07, 6.45) is 3.52. The van der Waals surface area contributed by atoms with E-state index in [0.717, 1.165) is 9.13 Å². The Kier molecular flexibility index (Phi) is 9.21. The van der Waals surface area contributed by atoms with Crippen LogP contribution in [0.3, 0.4) is 0 Å². The molecule has 0 bridgehead atoms. The van der Waals surface area contributed by atoms with Gasteiger partial charge >= 0.3 is 5.97 Å². The molecular formula is C19H22IN3O4S. The van der Waals surface area contributed by atoms with Crippen LogP contribution in [0.15, 0.2) is 35.3 Å². The fourth-order valence-corrected chi connectivity index (χ4v) is 3.61. The van der Waals surface area contributed by atoms with Gasteiger partial charge < -0.3 is 14.2 Å². The van der Waals surface area contributed by atoms with Crippen molar-refractivity contribution in [2.75, 3.05) is 25.2 Å². The molecule has 0 aliphatic carbocycles. The second kappa shape index (κ2) is 11.6. The van der Waals surface area contributed by atoms with E-state index in [0.29, 0.717) is 42.1 Å². The van der Waals surface area contributed by atoms with Crippen LogP contribution in [0.5, 0.6) is 11.5 Å². The maximum absolute atomic E-state index is 11.5. The summed E-state index contributed by atoms with van der Waals surface area (Å²) in [7, 11) is 0. The average molecular weight is 515 g/mol. The van der Waals surface area contributed by atoms with Crippen LogP contribution in [0, 0.1) is 3.57 Å². The molecule has 9 heteroatoms. The lowest BCUT2D eigenvalue weighted by molar-refractivity contribution is -0.142. The molecule has 0 amide bonds. The molecule has 7 nitrogen and oxygen atoms in total. The van der Waals surface area contributed by atoms with Gasteiger partial charge in [-0.25, -0.2) is 4.98 Å². The SMILES string of the molecule is C=CCOc1c(I)cc(C=NNc2nc(CC(=O)OCC)cs2)cc1OCC. The molecule has 0 saturated carbocycles. The minimum atomic E-state index is -0.292. The highest BCUT2D eigenvalue weighted by Gasteiger charge is 2.11. The number of nitrogens with zero attached hydrogens (tertiary/aromatic N) is 2. The van der Waals surface area contributed by atoms with Crippen molar-refractivity contribution in [2.24, 2.45) is 5.10 Å². The van der Waals surface area contributed by atoms with Gasteiger partial charge in [0.2, 0.25) is 5.13 Å². The molecule has 0 atom stereocenters. The predicted molar refractivity (Wildman–Crippen MR) is 120 cm³/mol. The Morgan fingerprint density at radius 2 is 2.18 bits per heavy atom. The molecule has 0 unspecified atom stereocenters. The minimum absolute atomic E-state index is 0.151. The zero-order valence-electron chi connectivity index (χ0n) is 15.7. The van der Waals surface area contributed by atoms with Crippen molar-refractivity contribution in [1.82, 2.24) is 4.98 Å². The Morgan fingerprint density at radius 1 is 1.36 bits per heavy atom. The van der Waals surface area contributed by atoms with Gasteiger partial charge in [-0.2, -0.15) is 5.10 Å². The summed E-state index contributed by atoms with van der Waals surface area (Å²) in [6.45, 7) is 8.66. The number of carbonyl (C=O) groups is 1. The summed E-state index contributed by atoms with van der Waals surface area (Å²) in [5, 5.41) is 6.62. The van der Waals surface area contributed by atoms with Gasteiger partial charge in [0.1, 0.15) is 6.61 Å². The van der Waals surface area contributed by atoms with E-state index >= 15 is 0 Å². The fourth-order valence-electron chi connectivity index (χ4n) is 2.17. The van der Waals surface area contributed by atoms with Crippen molar-refractivity contribution in [2.45, 2.75) is 20.3 Å². The van der Waals surface area contributed by atoms with Crippen LogP contribution in [0.4, 0.5) is 5.13 Å². The molecule has 0 radical (unpaired) electrons. The van der Waals surface area contributed by atoms with E-state index in [1.54, 1.807) is 24.6 Å². The van der Waals surface area contributed by atoms with E-state index in [-0.39, 0.29) is 12.4 Å². The van der Waals surface area contributed by atoms with Crippen molar-refractivity contribution in [3.63, 3.8) is 0 Å². The van der Waals surface area contributed by atoms with E-state index in [9.17, 15) is 4.79 Å². The zero-order valence-corrected chi connectivity index (χ0v) is 18.7.